The first-order valence-corrected chi connectivity index (χ1v) is 3.75. The topological polar surface area (TPSA) is 57.5 Å². The SMILES string of the molecule is O=[P+](O)O.[Na].c1ccccc1. The van der Waals surface area contributed by atoms with E-state index >= 15 is 0 Å². The van der Waals surface area contributed by atoms with E-state index in [1.54, 1.807) is 0 Å². The van der Waals surface area contributed by atoms with Gasteiger partial charge in [-0.15, -0.1) is 9.79 Å². The molecule has 0 heterocycles. The molecule has 1 aromatic carbocycles. The fourth-order valence-electron chi connectivity index (χ4n) is 0.385. The molecule has 0 aliphatic rings. The van der Waals surface area contributed by atoms with Crippen molar-refractivity contribution in [2.75, 3.05) is 0 Å². The maximum atomic E-state index is 8.70. The number of hydrogen-bond donors (Lipinski definition) is 2. The van der Waals surface area contributed by atoms with Crippen molar-refractivity contribution >= 4 is 37.8 Å². The Morgan fingerprint density at radius 2 is 0.909 bits per heavy atom. The summed E-state index contributed by atoms with van der Waals surface area (Å²) >= 11 is 0. The predicted molar refractivity (Wildman–Crippen MR) is 44.2 cm³/mol. The Morgan fingerprint density at radius 3 is 1.00 bits per heavy atom. The van der Waals surface area contributed by atoms with Gasteiger partial charge >= 0.3 is 8.25 Å². The molecular weight excluding hydrogens is 174 g/mol. The van der Waals surface area contributed by atoms with Crippen LogP contribution >= 0.6 is 8.25 Å². The van der Waals surface area contributed by atoms with E-state index in [1.807, 2.05) is 36.4 Å². The van der Waals surface area contributed by atoms with Crippen molar-refractivity contribution in [1.82, 2.24) is 0 Å². The van der Waals surface area contributed by atoms with Gasteiger partial charge < -0.3 is 0 Å². The smallest absolute Gasteiger partial charge is 0.134 e. The third kappa shape index (κ3) is 17.9. The van der Waals surface area contributed by atoms with Crippen LogP contribution in [0.4, 0.5) is 0 Å². The van der Waals surface area contributed by atoms with Gasteiger partial charge in [0.05, 0.1) is 0 Å². The van der Waals surface area contributed by atoms with Crippen molar-refractivity contribution in [1.29, 1.82) is 0 Å². The molecule has 0 saturated carbocycles. The van der Waals surface area contributed by atoms with Gasteiger partial charge in [-0.2, -0.15) is 0 Å². The Labute approximate surface area is 88.3 Å². The first-order chi connectivity index (χ1) is 4.73. The Hall–Kier alpha value is 0.240. The number of benzene rings is 1. The van der Waals surface area contributed by atoms with Crippen molar-refractivity contribution in [3.63, 3.8) is 0 Å². The third-order valence-corrected chi connectivity index (χ3v) is 0.667. The average Bonchev–Trinajstić information content (AvgIpc) is 1.90. The van der Waals surface area contributed by atoms with Crippen LogP contribution in [0.3, 0.4) is 0 Å². The molecule has 2 N–H and O–H groups in total. The maximum absolute atomic E-state index is 8.70. The van der Waals surface area contributed by atoms with E-state index in [2.05, 4.69) is 0 Å². The monoisotopic (exact) mass is 182 g/mol. The molecule has 0 bridgehead atoms. The quantitative estimate of drug-likeness (QED) is 0.463. The van der Waals surface area contributed by atoms with Gasteiger partial charge in [0.25, 0.3) is 0 Å². The molecule has 0 aliphatic heterocycles. The van der Waals surface area contributed by atoms with Crippen LogP contribution in [0.5, 0.6) is 0 Å². The van der Waals surface area contributed by atoms with Crippen LogP contribution in [0, 0.1) is 0 Å². The van der Waals surface area contributed by atoms with Crippen molar-refractivity contribution in [2.45, 2.75) is 0 Å². The van der Waals surface area contributed by atoms with Crippen molar-refractivity contribution < 1.29 is 14.4 Å². The second kappa shape index (κ2) is 10.2. The first-order valence-electron chi connectivity index (χ1n) is 2.58. The van der Waals surface area contributed by atoms with E-state index < -0.39 is 8.25 Å². The van der Waals surface area contributed by atoms with Crippen LogP contribution < -0.4 is 0 Å². The second-order valence-electron chi connectivity index (χ2n) is 1.41. The molecule has 1 radical (unpaired) electrons. The molecule has 0 saturated heterocycles. The first kappa shape index (κ1) is 13.8. The minimum absolute atomic E-state index is 0. The van der Waals surface area contributed by atoms with Gasteiger partial charge in [0.15, 0.2) is 0 Å². The molecule has 1 rings (SSSR count). The van der Waals surface area contributed by atoms with E-state index in [-0.39, 0.29) is 29.6 Å². The van der Waals surface area contributed by atoms with Gasteiger partial charge in [-0.3, -0.25) is 0 Å². The molecule has 0 aromatic heterocycles. The summed E-state index contributed by atoms with van der Waals surface area (Å²) in [6, 6.07) is 12.0. The summed E-state index contributed by atoms with van der Waals surface area (Å²) in [4.78, 5) is 14.2. The largest absolute Gasteiger partial charge is 0.692 e. The zero-order valence-electron chi connectivity index (χ0n) is 6.21. The molecule has 0 spiro atoms. The minimum atomic E-state index is -2.87. The molecular formula is C6H8NaO3P+. The molecule has 0 atom stereocenters. The van der Waals surface area contributed by atoms with Gasteiger partial charge in [-0.1, -0.05) is 36.4 Å². The second-order valence-corrected chi connectivity index (χ2v) is 1.91. The summed E-state index contributed by atoms with van der Waals surface area (Å²) in [7, 11) is -2.87. The molecule has 0 fully saturated rings. The van der Waals surface area contributed by atoms with Crippen LogP contribution in [0.15, 0.2) is 36.4 Å². The van der Waals surface area contributed by atoms with Crippen molar-refractivity contribution in [3.05, 3.63) is 36.4 Å². The Kier molecular flexibility index (Phi) is 12.9. The molecule has 3 nitrogen and oxygen atoms in total. The van der Waals surface area contributed by atoms with Crippen LogP contribution in [0.2, 0.25) is 0 Å². The maximum Gasteiger partial charge on any atom is 0.692 e. The summed E-state index contributed by atoms with van der Waals surface area (Å²) in [6.45, 7) is 0. The van der Waals surface area contributed by atoms with Crippen LogP contribution in [0.25, 0.3) is 0 Å². The summed E-state index contributed by atoms with van der Waals surface area (Å²) in [5, 5.41) is 0. The van der Waals surface area contributed by atoms with Gasteiger partial charge in [-0.25, -0.2) is 0 Å². The average molecular weight is 182 g/mol. The van der Waals surface area contributed by atoms with Crippen LogP contribution in [0.1, 0.15) is 0 Å². The predicted octanol–water partition coefficient (Wildman–Crippen LogP) is 0.934. The van der Waals surface area contributed by atoms with Crippen molar-refractivity contribution in [2.24, 2.45) is 0 Å². The van der Waals surface area contributed by atoms with E-state index in [1.165, 1.54) is 0 Å². The molecule has 11 heavy (non-hydrogen) atoms. The van der Waals surface area contributed by atoms with Gasteiger partial charge in [0, 0.05) is 34.1 Å². The molecule has 0 aliphatic carbocycles. The summed E-state index contributed by atoms with van der Waals surface area (Å²) in [5.41, 5.74) is 0. The standard InChI is InChI=1S/C6H6.Na.HO3P/c1-2-4-6-5-3-1;;1-4(2)3/h1-6H;;(H-,1,2,3)/p+1. The zero-order chi connectivity index (χ0) is 7.82. The Bertz CT molecular complexity index is 150. The molecule has 5 heteroatoms. The summed E-state index contributed by atoms with van der Waals surface area (Å²) < 4.78 is 8.70. The van der Waals surface area contributed by atoms with E-state index in [4.69, 9.17) is 14.4 Å². The summed E-state index contributed by atoms with van der Waals surface area (Å²) in [5.74, 6) is 0. The van der Waals surface area contributed by atoms with Crippen LogP contribution in [-0.2, 0) is 4.57 Å². The Balaban J connectivity index is 0. The fraction of sp³-hybridized carbons (Fsp3) is 0. The molecule has 0 unspecified atom stereocenters. The van der Waals surface area contributed by atoms with E-state index in [0.29, 0.717) is 0 Å². The van der Waals surface area contributed by atoms with Gasteiger partial charge in [0.2, 0.25) is 0 Å². The third-order valence-electron chi connectivity index (χ3n) is 0.667. The van der Waals surface area contributed by atoms with E-state index in [0.717, 1.165) is 0 Å². The zero-order valence-corrected chi connectivity index (χ0v) is 9.11. The molecule has 55 valence electrons. The molecule has 1 aromatic rings. The molecule has 0 amide bonds. The number of rotatable bonds is 0. The van der Waals surface area contributed by atoms with Crippen molar-refractivity contribution in [3.8, 4) is 0 Å². The van der Waals surface area contributed by atoms with Gasteiger partial charge in [0.1, 0.15) is 0 Å². The number of hydrogen-bond acceptors (Lipinski definition) is 1. The van der Waals surface area contributed by atoms with Gasteiger partial charge in [-0.05, 0) is 0 Å². The van der Waals surface area contributed by atoms with E-state index in [9.17, 15) is 0 Å². The normalized spacial score (nSPS) is 6.73. The Morgan fingerprint density at radius 1 is 0.818 bits per heavy atom. The fourth-order valence-corrected chi connectivity index (χ4v) is 0.385. The van der Waals surface area contributed by atoms with Crippen LogP contribution in [-0.4, -0.2) is 39.3 Å². The minimum Gasteiger partial charge on any atom is -0.134 e. The summed E-state index contributed by atoms with van der Waals surface area (Å²) in [6.07, 6.45) is 0.